The minimum atomic E-state index is -0.431. The van der Waals surface area contributed by atoms with Gasteiger partial charge >= 0.3 is 0 Å². The van der Waals surface area contributed by atoms with Crippen LogP contribution in [0.5, 0.6) is 0 Å². The Morgan fingerprint density at radius 1 is 1.21 bits per heavy atom. The van der Waals surface area contributed by atoms with Gasteiger partial charge in [-0.2, -0.15) is 0 Å². The molecule has 0 aromatic heterocycles. The fourth-order valence-electron chi connectivity index (χ4n) is 2.61. The lowest BCUT2D eigenvalue weighted by Gasteiger charge is -2.20. The fourth-order valence-corrected chi connectivity index (χ4v) is 2.61. The molecule has 0 spiro atoms. The molecule has 4 atom stereocenters. The maximum atomic E-state index is 9.89. The third kappa shape index (κ3) is 7.88. The van der Waals surface area contributed by atoms with Crippen LogP contribution in [-0.4, -0.2) is 50.2 Å². The van der Waals surface area contributed by atoms with Gasteiger partial charge in [0.1, 0.15) is 0 Å². The van der Waals surface area contributed by atoms with Crippen molar-refractivity contribution >= 4 is 0 Å². The summed E-state index contributed by atoms with van der Waals surface area (Å²) in [6, 6.07) is 0.566. The van der Waals surface area contributed by atoms with Crippen LogP contribution < -0.4 is 5.32 Å². The number of hydrogen-bond donors (Lipinski definition) is 2. The number of ether oxygens (including phenoxy) is 2. The zero-order chi connectivity index (χ0) is 14.1. The Morgan fingerprint density at radius 2 is 2.00 bits per heavy atom. The van der Waals surface area contributed by atoms with E-state index in [0.717, 1.165) is 5.92 Å². The van der Waals surface area contributed by atoms with Crippen molar-refractivity contribution in [3.8, 4) is 0 Å². The zero-order valence-electron chi connectivity index (χ0n) is 12.7. The normalized spacial score (nSPS) is 27.8. The van der Waals surface area contributed by atoms with Crippen molar-refractivity contribution in [1.29, 1.82) is 0 Å². The highest BCUT2D eigenvalue weighted by molar-refractivity contribution is 4.74. The predicted molar refractivity (Wildman–Crippen MR) is 77.3 cm³/mol. The molecule has 0 heterocycles. The molecule has 1 rings (SSSR count). The summed E-state index contributed by atoms with van der Waals surface area (Å²) in [5, 5.41) is 13.4. The van der Waals surface area contributed by atoms with E-state index in [0.29, 0.717) is 25.8 Å². The number of rotatable bonds is 8. The van der Waals surface area contributed by atoms with E-state index >= 15 is 0 Å². The lowest BCUT2D eigenvalue weighted by Crippen LogP contribution is -2.38. The van der Waals surface area contributed by atoms with Gasteiger partial charge in [-0.25, -0.2) is 0 Å². The Labute approximate surface area is 117 Å². The van der Waals surface area contributed by atoms with Crippen LogP contribution in [0.1, 0.15) is 46.0 Å². The van der Waals surface area contributed by atoms with Gasteiger partial charge in [0.25, 0.3) is 0 Å². The molecule has 4 heteroatoms. The molecule has 0 aromatic carbocycles. The van der Waals surface area contributed by atoms with Crippen molar-refractivity contribution in [1.82, 2.24) is 5.32 Å². The van der Waals surface area contributed by atoms with Gasteiger partial charge in [-0.15, -0.1) is 0 Å². The van der Waals surface area contributed by atoms with Crippen LogP contribution in [0.2, 0.25) is 0 Å². The number of aliphatic hydroxyl groups excluding tert-OH is 1. The van der Waals surface area contributed by atoms with Crippen molar-refractivity contribution in [3.63, 3.8) is 0 Å². The molecule has 114 valence electrons. The van der Waals surface area contributed by atoms with Crippen LogP contribution in [0.4, 0.5) is 0 Å². The van der Waals surface area contributed by atoms with Gasteiger partial charge < -0.3 is 19.9 Å². The van der Waals surface area contributed by atoms with E-state index in [4.69, 9.17) is 9.47 Å². The number of nitrogens with one attached hydrogen (secondary N) is 1. The highest BCUT2D eigenvalue weighted by Crippen LogP contribution is 2.22. The Kier molecular flexibility index (Phi) is 8.62. The molecule has 1 aliphatic rings. The molecule has 0 amide bonds. The molecular weight excluding hydrogens is 242 g/mol. The summed E-state index contributed by atoms with van der Waals surface area (Å²) in [6.45, 7) is 5.86. The standard InChI is InChI=1S/C15H31NO3/c1-12-5-4-6-14(8-7-12)16-9-15(17)11-19-13(2)10-18-3/h12-17H,4-11H2,1-3H3. The van der Waals surface area contributed by atoms with E-state index < -0.39 is 6.10 Å². The second kappa shape index (κ2) is 9.70. The van der Waals surface area contributed by atoms with Crippen LogP contribution in [0.3, 0.4) is 0 Å². The molecule has 1 saturated carbocycles. The van der Waals surface area contributed by atoms with Crippen LogP contribution >= 0.6 is 0 Å². The molecule has 4 nitrogen and oxygen atoms in total. The molecule has 0 aliphatic heterocycles. The van der Waals surface area contributed by atoms with Gasteiger partial charge in [-0.05, 0) is 32.1 Å². The van der Waals surface area contributed by atoms with Gasteiger partial charge in [0.15, 0.2) is 0 Å². The minimum absolute atomic E-state index is 0.0402. The molecule has 4 unspecified atom stereocenters. The Morgan fingerprint density at radius 3 is 2.74 bits per heavy atom. The average Bonchev–Trinajstić information content (AvgIpc) is 2.59. The van der Waals surface area contributed by atoms with Gasteiger partial charge in [0, 0.05) is 19.7 Å². The fraction of sp³-hybridized carbons (Fsp3) is 1.00. The third-order valence-corrected chi connectivity index (χ3v) is 3.87. The topological polar surface area (TPSA) is 50.7 Å². The van der Waals surface area contributed by atoms with Crippen LogP contribution in [0.25, 0.3) is 0 Å². The van der Waals surface area contributed by atoms with Crippen molar-refractivity contribution in [2.24, 2.45) is 5.92 Å². The Hall–Kier alpha value is -0.160. The SMILES string of the molecule is COCC(C)OCC(O)CNC1CCCC(C)CC1. The highest BCUT2D eigenvalue weighted by atomic mass is 16.5. The smallest absolute Gasteiger partial charge is 0.0897 e. The van der Waals surface area contributed by atoms with E-state index in [-0.39, 0.29) is 6.10 Å². The summed E-state index contributed by atoms with van der Waals surface area (Å²) in [5.41, 5.74) is 0. The van der Waals surface area contributed by atoms with Crippen molar-refractivity contribution in [2.75, 3.05) is 26.9 Å². The predicted octanol–water partition coefficient (Wildman–Crippen LogP) is 1.96. The van der Waals surface area contributed by atoms with E-state index in [1.165, 1.54) is 32.1 Å². The highest BCUT2D eigenvalue weighted by Gasteiger charge is 2.17. The quantitative estimate of drug-likeness (QED) is 0.664. The summed E-state index contributed by atoms with van der Waals surface area (Å²) in [7, 11) is 1.66. The first-order valence-electron chi connectivity index (χ1n) is 7.63. The number of aliphatic hydroxyl groups is 1. The summed E-state index contributed by atoms with van der Waals surface area (Å²) < 4.78 is 10.5. The lowest BCUT2D eigenvalue weighted by molar-refractivity contribution is -0.0316. The largest absolute Gasteiger partial charge is 0.389 e. The monoisotopic (exact) mass is 273 g/mol. The Bertz CT molecular complexity index is 225. The molecular formula is C15H31NO3. The minimum Gasteiger partial charge on any atom is -0.389 e. The van der Waals surface area contributed by atoms with E-state index in [9.17, 15) is 5.11 Å². The summed E-state index contributed by atoms with van der Waals surface area (Å²) in [4.78, 5) is 0. The molecule has 0 aromatic rings. The van der Waals surface area contributed by atoms with E-state index in [2.05, 4.69) is 12.2 Å². The van der Waals surface area contributed by atoms with Gasteiger partial charge in [0.05, 0.1) is 25.4 Å². The first kappa shape index (κ1) is 16.9. The lowest BCUT2D eigenvalue weighted by atomic mass is 10.0. The first-order chi connectivity index (χ1) is 9.11. The van der Waals surface area contributed by atoms with Crippen molar-refractivity contribution in [3.05, 3.63) is 0 Å². The molecule has 19 heavy (non-hydrogen) atoms. The first-order valence-corrected chi connectivity index (χ1v) is 7.63. The summed E-state index contributed by atoms with van der Waals surface area (Å²) in [5.74, 6) is 0.856. The summed E-state index contributed by atoms with van der Waals surface area (Å²) in [6.07, 6.45) is 6.02. The van der Waals surface area contributed by atoms with Crippen LogP contribution in [0.15, 0.2) is 0 Å². The number of hydrogen-bond acceptors (Lipinski definition) is 4. The second-order valence-corrected chi connectivity index (χ2v) is 5.97. The zero-order valence-corrected chi connectivity index (χ0v) is 12.7. The van der Waals surface area contributed by atoms with E-state index in [1.807, 2.05) is 6.92 Å². The third-order valence-electron chi connectivity index (χ3n) is 3.87. The summed E-state index contributed by atoms with van der Waals surface area (Å²) >= 11 is 0. The second-order valence-electron chi connectivity index (χ2n) is 5.97. The molecule has 0 bridgehead atoms. The maximum Gasteiger partial charge on any atom is 0.0897 e. The van der Waals surface area contributed by atoms with Gasteiger partial charge in [0.2, 0.25) is 0 Å². The van der Waals surface area contributed by atoms with Gasteiger partial charge in [-0.3, -0.25) is 0 Å². The van der Waals surface area contributed by atoms with Gasteiger partial charge in [-0.1, -0.05) is 19.8 Å². The van der Waals surface area contributed by atoms with Crippen LogP contribution in [-0.2, 0) is 9.47 Å². The molecule has 2 N–H and O–H groups in total. The molecule has 0 saturated heterocycles. The van der Waals surface area contributed by atoms with E-state index in [1.54, 1.807) is 7.11 Å². The molecule has 1 aliphatic carbocycles. The van der Waals surface area contributed by atoms with Crippen LogP contribution in [0, 0.1) is 5.92 Å². The number of methoxy groups -OCH3 is 1. The maximum absolute atomic E-state index is 9.89. The molecule has 1 fully saturated rings. The Balaban J connectivity index is 2.10. The van der Waals surface area contributed by atoms with Crippen molar-refractivity contribution in [2.45, 2.75) is 64.2 Å². The average molecular weight is 273 g/mol. The van der Waals surface area contributed by atoms with Crippen molar-refractivity contribution < 1.29 is 14.6 Å². The molecule has 0 radical (unpaired) electrons.